The first-order valence-electron chi connectivity index (χ1n) is 8.61. The summed E-state index contributed by atoms with van der Waals surface area (Å²) in [5.41, 5.74) is 3.56. The number of hydrogen-bond acceptors (Lipinski definition) is 5. The SMILES string of the molecule is CC(C)n1ccc(-c2nc3occn3c2-c2ccc3nc[nH]c(=O)c3c2)n1. The van der Waals surface area contributed by atoms with Crippen LogP contribution in [0.2, 0.25) is 0 Å². The van der Waals surface area contributed by atoms with Crippen LogP contribution < -0.4 is 5.56 Å². The average molecular weight is 360 g/mol. The third-order valence-electron chi connectivity index (χ3n) is 4.56. The molecule has 27 heavy (non-hydrogen) atoms. The highest BCUT2D eigenvalue weighted by Gasteiger charge is 2.20. The van der Waals surface area contributed by atoms with E-state index in [0.29, 0.717) is 22.4 Å². The van der Waals surface area contributed by atoms with Crippen LogP contribution in [0, 0.1) is 0 Å². The summed E-state index contributed by atoms with van der Waals surface area (Å²) < 4.78 is 9.23. The van der Waals surface area contributed by atoms with E-state index in [4.69, 9.17) is 4.42 Å². The lowest BCUT2D eigenvalue weighted by Crippen LogP contribution is -2.06. The lowest BCUT2D eigenvalue weighted by atomic mass is 10.1. The van der Waals surface area contributed by atoms with Crippen LogP contribution in [0.1, 0.15) is 19.9 Å². The van der Waals surface area contributed by atoms with Crippen molar-refractivity contribution in [2.75, 3.05) is 0 Å². The van der Waals surface area contributed by atoms with Crippen LogP contribution in [0.4, 0.5) is 0 Å². The molecule has 4 heterocycles. The van der Waals surface area contributed by atoms with Gasteiger partial charge in [-0.3, -0.25) is 13.9 Å². The van der Waals surface area contributed by atoms with E-state index in [-0.39, 0.29) is 11.6 Å². The number of oxazole rings is 1. The van der Waals surface area contributed by atoms with Gasteiger partial charge in [0.15, 0.2) is 0 Å². The van der Waals surface area contributed by atoms with Gasteiger partial charge in [-0.05, 0) is 32.0 Å². The number of rotatable bonds is 3. The van der Waals surface area contributed by atoms with Crippen molar-refractivity contribution in [3.63, 3.8) is 0 Å². The fourth-order valence-corrected chi connectivity index (χ4v) is 3.21. The second-order valence-corrected chi connectivity index (χ2v) is 6.60. The molecule has 1 N–H and O–H groups in total. The Hall–Kier alpha value is -3.68. The second kappa shape index (κ2) is 5.66. The Bertz CT molecular complexity index is 1340. The Morgan fingerprint density at radius 3 is 2.89 bits per heavy atom. The first-order chi connectivity index (χ1) is 13.1. The van der Waals surface area contributed by atoms with E-state index in [9.17, 15) is 4.79 Å². The van der Waals surface area contributed by atoms with Gasteiger partial charge in [0.2, 0.25) is 0 Å². The molecule has 0 atom stereocenters. The number of nitrogens with zero attached hydrogens (tertiary/aromatic N) is 5. The van der Waals surface area contributed by atoms with Crippen molar-refractivity contribution in [3.05, 3.63) is 59.6 Å². The molecular weight excluding hydrogens is 344 g/mol. The third-order valence-corrected chi connectivity index (χ3v) is 4.56. The van der Waals surface area contributed by atoms with E-state index in [1.807, 2.05) is 39.5 Å². The van der Waals surface area contributed by atoms with E-state index < -0.39 is 0 Å². The number of nitrogens with one attached hydrogen (secondary N) is 1. The zero-order chi connectivity index (χ0) is 18.5. The maximum atomic E-state index is 12.2. The van der Waals surface area contributed by atoms with Crippen LogP contribution in [0.15, 0.2) is 58.5 Å². The maximum Gasteiger partial charge on any atom is 0.306 e. The van der Waals surface area contributed by atoms with Crippen molar-refractivity contribution < 1.29 is 4.42 Å². The van der Waals surface area contributed by atoms with Gasteiger partial charge < -0.3 is 9.40 Å². The van der Waals surface area contributed by atoms with Gasteiger partial charge in [0.1, 0.15) is 17.7 Å². The van der Waals surface area contributed by atoms with Crippen molar-refractivity contribution in [1.82, 2.24) is 29.1 Å². The smallest absolute Gasteiger partial charge is 0.306 e. The quantitative estimate of drug-likeness (QED) is 0.533. The largest absolute Gasteiger partial charge is 0.432 e. The van der Waals surface area contributed by atoms with Gasteiger partial charge in [-0.1, -0.05) is 6.07 Å². The molecule has 5 rings (SSSR count). The zero-order valence-corrected chi connectivity index (χ0v) is 14.7. The number of benzene rings is 1. The normalized spacial score (nSPS) is 11.8. The molecular formula is C19H16N6O2. The van der Waals surface area contributed by atoms with Crippen molar-refractivity contribution in [2.45, 2.75) is 19.9 Å². The Balaban J connectivity index is 1.78. The van der Waals surface area contributed by atoms with Gasteiger partial charge in [-0.25, -0.2) is 4.98 Å². The van der Waals surface area contributed by atoms with Crippen LogP contribution in [0.25, 0.3) is 39.4 Å². The first-order valence-corrected chi connectivity index (χ1v) is 8.61. The maximum absolute atomic E-state index is 12.2. The minimum atomic E-state index is -0.180. The first kappa shape index (κ1) is 15.6. The molecule has 0 bridgehead atoms. The molecule has 134 valence electrons. The molecule has 0 fully saturated rings. The van der Waals surface area contributed by atoms with Gasteiger partial charge in [-0.15, -0.1) is 0 Å². The van der Waals surface area contributed by atoms with Crippen LogP contribution in [-0.2, 0) is 0 Å². The Morgan fingerprint density at radius 2 is 2.07 bits per heavy atom. The molecule has 0 amide bonds. The molecule has 8 nitrogen and oxygen atoms in total. The van der Waals surface area contributed by atoms with Crippen LogP contribution in [0.5, 0.6) is 0 Å². The minimum Gasteiger partial charge on any atom is -0.432 e. The summed E-state index contributed by atoms with van der Waals surface area (Å²) in [4.78, 5) is 23.6. The third kappa shape index (κ3) is 2.37. The predicted octanol–water partition coefficient (Wildman–Crippen LogP) is 3.28. The van der Waals surface area contributed by atoms with Gasteiger partial charge in [-0.2, -0.15) is 10.1 Å². The molecule has 0 aliphatic heterocycles. The molecule has 0 saturated carbocycles. The van der Waals surface area contributed by atoms with Gasteiger partial charge in [0, 0.05) is 24.0 Å². The number of imidazole rings is 1. The Morgan fingerprint density at radius 1 is 1.19 bits per heavy atom. The predicted molar refractivity (Wildman–Crippen MR) is 100 cm³/mol. The van der Waals surface area contributed by atoms with Gasteiger partial charge in [0.05, 0.1) is 22.9 Å². The number of aromatic amines is 1. The summed E-state index contributed by atoms with van der Waals surface area (Å²) in [7, 11) is 0. The van der Waals surface area contributed by atoms with Gasteiger partial charge in [0.25, 0.3) is 5.56 Å². The molecule has 0 aliphatic rings. The fraction of sp³-hybridized carbons (Fsp3) is 0.158. The Labute approximate surface area is 153 Å². The fourth-order valence-electron chi connectivity index (χ4n) is 3.21. The summed E-state index contributed by atoms with van der Waals surface area (Å²) >= 11 is 0. The zero-order valence-electron chi connectivity index (χ0n) is 14.7. The van der Waals surface area contributed by atoms with Crippen LogP contribution in [0.3, 0.4) is 0 Å². The highest BCUT2D eigenvalue weighted by atomic mass is 16.3. The van der Waals surface area contributed by atoms with Crippen molar-refractivity contribution in [1.29, 1.82) is 0 Å². The second-order valence-electron chi connectivity index (χ2n) is 6.60. The van der Waals surface area contributed by atoms with Crippen LogP contribution >= 0.6 is 0 Å². The molecule has 0 spiro atoms. The lowest BCUT2D eigenvalue weighted by molar-refractivity contribution is 0.534. The summed E-state index contributed by atoms with van der Waals surface area (Å²) in [5.74, 6) is 0.472. The molecule has 0 aliphatic carbocycles. The van der Waals surface area contributed by atoms with E-state index in [1.54, 1.807) is 12.5 Å². The topological polar surface area (TPSA) is 94.0 Å². The highest BCUT2D eigenvalue weighted by Crippen LogP contribution is 2.33. The summed E-state index contributed by atoms with van der Waals surface area (Å²) in [6, 6.07) is 7.75. The summed E-state index contributed by atoms with van der Waals surface area (Å²) in [5, 5.41) is 5.16. The summed E-state index contributed by atoms with van der Waals surface area (Å²) in [6.07, 6.45) is 6.72. The number of aromatic nitrogens is 6. The molecule has 5 aromatic rings. The molecule has 0 unspecified atom stereocenters. The van der Waals surface area contributed by atoms with E-state index >= 15 is 0 Å². The molecule has 0 saturated heterocycles. The van der Waals surface area contributed by atoms with Crippen molar-refractivity contribution in [2.24, 2.45) is 0 Å². The number of hydrogen-bond donors (Lipinski definition) is 1. The molecule has 4 aromatic heterocycles. The van der Waals surface area contributed by atoms with Crippen molar-refractivity contribution in [3.8, 4) is 22.6 Å². The number of fused-ring (bicyclic) bond motifs is 2. The van der Waals surface area contributed by atoms with E-state index in [2.05, 4.69) is 33.9 Å². The minimum absolute atomic E-state index is 0.180. The Kier molecular flexibility index (Phi) is 3.27. The van der Waals surface area contributed by atoms with Crippen molar-refractivity contribution >= 4 is 16.7 Å². The monoisotopic (exact) mass is 360 g/mol. The standard InChI is InChI=1S/C19H16N6O2/c1-11(2)25-6-5-15(23-25)16-17(24-7-8-27-19(24)22-16)12-3-4-14-13(9-12)18(26)21-10-20-14/h3-11H,1-2H3,(H,20,21,26). The highest BCUT2D eigenvalue weighted by molar-refractivity contribution is 5.87. The lowest BCUT2D eigenvalue weighted by Gasteiger charge is -2.05. The van der Waals surface area contributed by atoms with E-state index in [0.717, 1.165) is 17.0 Å². The number of H-pyrrole nitrogens is 1. The molecule has 8 heteroatoms. The van der Waals surface area contributed by atoms with E-state index in [1.165, 1.54) is 6.33 Å². The average Bonchev–Trinajstić information content (AvgIpc) is 3.37. The summed E-state index contributed by atoms with van der Waals surface area (Å²) in [6.45, 7) is 4.14. The molecule has 1 aromatic carbocycles. The molecule has 0 radical (unpaired) electrons. The van der Waals surface area contributed by atoms with Crippen LogP contribution in [-0.4, -0.2) is 29.1 Å². The van der Waals surface area contributed by atoms with Gasteiger partial charge >= 0.3 is 5.84 Å².